The second-order valence-corrected chi connectivity index (χ2v) is 4.38. The molecule has 0 aliphatic carbocycles. The maximum absolute atomic E-state index is 9.04. The van der Waals surface area contributed by atoms with Gasteiger partial charge in [-0.15, -0.1) is 0 Å². The Morgan fingerprint density at radius 1 is 1.10 bits per heavy atom. The SMILES string of the molecule is C=C(CO)c1ccc(OC(OC)c2ccccc2)cc1. The van der Waals surface area contributed by atoms with Crippen molar-refractivity contribution in [1.29, 1.82) is 0 Å². The first-order chi connectivity index (χ1) is 9.74. The van der Waals surface area contributed by atoms with Crippen molar-refractivity contribution < 1.29 is 14.6 Å². The predicted octanol–water partition coefficient (Wildman–Crippen LogP) is 3.42. The molecule has 0 spiro atoms. The topological polar surface area (TPSA) is 38.7 Å². The summed E-state index contributed by atoms with van der Waals surface area (Å²) in [5.41, 5.74) is 2.54. The molecule has 0 heterocycles. The number of benzene rings is 2. The second-order valence-electron chi connectivity index (χ2n) is 4.38. The fraction of sp³-hybridized carbons (Fsp3) is 0.176. The molecule has 0 amide bonds. The number of aliphatic hydroxyl groups excluding tert-OH is 1. The van der Waals surface area contributed by atoms with Crippen LogP contribution in [-0.4, -0.2) is 18.8 Å². The molecular weight excluding hydrogens is 252 g/mol. The van der Waals surface area contributed by atoms with Gasteiger partial charge in [0.15, 0.2) is 0 Å². The highest BCUT2D eigenvalue weighted by molar-refractivity contribution is 5.64. The van der Waals surface area contributed by atoms with Gasteiger partial charge in [0, 0.05) is 12.7 Å². The summed E-state index contributed by atoms with van der Waals surface area (Å²) in [6.45, 7) is 3.73. The zero-order chi connectivity index (χ0) is 14.4. The van der Waals surface area contributed by atoms with E-state index < -0.39 is 6.29 Å². The lowest BCUT2D eigenvalue weighted by molar-refractivity contribution is -0.0562. The quantitative estimate of drug-likeness (QED) is 0.817. The van der Waals surface area contributed by atoms with E-state index in [1.165, 1.54) is 0 Å². The molecule has 0 aliphatic heterocycles. The van der Waals surface area contributed by atoms with E-state index in [2.05, 4.69) is 6.58 Å². The van der Waals surface area contributed by atoms with Gasteiger partial charge in [0.2, 0.25) is 6.29 Å². The minimum absolute atomic E-state index is 0.0507. The van der Waals surface area contributed by atoms with E-state index in [-0.39, 0.29) is 6.61 Å². The average Bonchev–Trinajstić information content (AvgIpc) is 2.53. The Kier molecular flexibility index (Phi) is 4.93. The van der Waals surface area contributed by atoms with Crippen molar-refractivity contribution in [2.75, 3.05) is 13.7 Å². The van der Waals surface area contributed by atoms with Gasteiger partial charge in [0.1, 0.15) is 5.75 Å². The van der Waals surface area contributed by atoms with Crippen molar-refractivity contribution in [1.82, 2.24) is 0 Å². The van der Waals surface area contributed by atoms with Gasteiger partial charge in [0.05, 0.1) is 6.61 Å². The highest BCUT2D eigenvalue weighted by Gasteiger charge is 2.11. The molecule has 1 unspecified atom stereocenters. The molecule has 0 saturated heterocycles. The first-order valence-electron chi connectivity index (χ1n) is 6.38. The summed E-state index contributed by atoms with van der Waals surface area (Å²) in [7, 11) is 1.61. The van der Waals surface area contributed by atoms with Crippen molar-refractivity contribution in [3.63, 3.8) is 0 Å². The number of methoxy groups -OCH3 is 1. The van der Waals surface area contributed by atoms with Crippen molar-refractivity contribution in [2.45, 2.75) is 6.29 Å². The van der Waals surface area contributed by atoms with Gasteiger partial charge in [-0.05, 0) is 23.3 Å². The minimum Gasteiger partial charge on any atom is -0.461 e. The van der Waals surface area contributed by atoms with Crippen molar-refractivity contribution >= 4 is 5.57 Å². The summed E-state index contributed by atoms with van der Waals surface area (Å²) < 4.78 is 11.2. The number of ether oxygens (including phenoxy) is 2. The molecule has 104 valence electrons. The molecule has 3 heteroatoms. The van der Waals surface area contributed by atoms with Crippen LogP contribution in [0.25, 0.3) is 5.57 Å². The third-order valence-corrected chi connectivity index (χ3v) is 2.98. The number of hydrogen-bond donors (Lipinski definition) is 1. The highest BCUT2D eigenvalue weighted by Crippen LogP contribution is 2.24. The molecule has 0 bridgehead atoms. The van der Waals surface area contributed by atoms with Gasteiger partial charge in [-0.1, -0.05) is 49.0 Å². The zero-order valence-corrected chi connectivity index (χ0v) is 11.5. The Labute approximate surface area is 119 Å². The third kappa shape index (κ3) is 3.47. The van der Waals surface area contributed by atoms with Crippen molar-refractivity contribution in [3.8, 4) is 5.75 Å². The van der Waals surface area contributed by atoms with Gasteiger partial charge < -0.3 is 14.6 Å². The van der Waals surface area contributed by atoms with Crippen LogP contribution in [0, 0.1) is 0 Å². The molecular formula is C17H18O3. The van der Waals surface area contributed by atoms with E-state index in [1.807, 2.05) is 54.6 Å². The Hall–Kier alpha value is -2.10. The molecule has 0 radical (unpaired) electrons. The summed E-state index contributed by atoms with van der Waals surface area (Å²) in [6, 6.07) is 17.2. The molecule has 0 fully saturated rings. The van der Waals surface area contributed by atoms with Crippen molar-refractivity contribution in [2.24, 2.45) is 0 Å². The van der Waals surface area contributed by atoms with Crippen LogP contribution in [0.2, 0.25) is 0 Å². The van der Waals surface area contributed by atoms with Crippen LogP contribution < -0.4 is 4.74 Å². The predicted molar refractivity (Wildman–Crippen MR) is 79.4 cm³/mol. The largest absolute Gasteiger partial charge is 0.461 e. The van der Waals surface area contributed by atoms with E-state index in [1.54, 1.807) is 7.11 Å². The average molecular weight is 270 g/mol. The highest BCUT2D eigenvalue weighted by atomic mass is 16.7. The standard InChI is InChI=1S/C17H18O3/c1-13(12-18)14-8-10-16(11-9-14)20-17(19-2)15-6-4-3-5-7-15/h3-11,17-18H,1,12H2,2H3. The maximum Gasteiger partial charge on any atom is 0.226 e. The van der Waals surface area contributed by atoms with E-state index in [0.29, 0.717) is 11.3 Å². The molecule has 2 aromatic rings. The van der Waals surface area contributed by atoms with Crippen LogP contribution in [0.15, 0.2) is 61.2 Å². The number of rotatable bonds is 6. The lowest BCUT2D eigenvalue weighted by atomic mass is 10.1. The molecule has 1 N–H and O–H groups in total. The van der Waals surface area contributed by atoms with E-state index in [0.717, 1.165) is 11.1 Å². The van der Waals surface area contributed by atoms with Crippen LogP contribution in [0.3, 0.4) is 0 Å². The molecule has 2 aromatic carbocycles. The van der Waals surface area contributed by atoms with E-state index in [4.69, 9.17) is 14.6 Å². The van der Waals surface area contributed by atoms with E-state index >= 15 is 0 Å². The van der Waals surface area contributed by atoms with Gasteiger partial charge >= 0.3 is 0 Å². The van der Waals surface area contributed by atoms with E-state index in [9.17, 15) is 0 Å². The molecule has 2 rings (SSSR count). The fourth-order valence-corrected chi connectivity index (χ4v) is 1.85. The Morgan fingerprint density at radius 2 is 1.75 bits per heavy atom. The Morgan fingerprint density at radius 3 is 2.30 bits per heavy atom. The smallest absolute Gasteiger partial charge is 0.226 e. The fourth-order valence-electron chi connectivity index (χ4n) is 1.85. The van der Waals surface area contributed by atoms with Crippen LogP contribution in [-0.2, 0) is 4.74 Å². The molecule has 0 aliphatic rings. The molecule has 0 saturated carbocycles. The summed E-state index contributed by atoms with van der Waals surface area (Å²) in [6.07, 6.45) is -0.442. The zero-order valence-electron chi connectivity index (χ0n) is 11.5. The first-order valence-corrected chi connectivity index (χ1v) is 6.38. The maximum atomic E-state index is 9.04. The monoisotopic (exact) mass is 270 g/mol. The van der Waals surface area contributed by atoms with Crippen LogP contribution in [0.4, 0.5) is 0 Å². The molecule has 20 heavy (non-hydrogen) atoms. The Bertz CT molecular complexity index is 546. The number of aliphatic hydroxyl groups is 1. The van der Waals surface area contributed by atoms with Crippen LogP contribution in [0.5, 0.6) is 5.75 Å². The second kappa shape index (κ2) is 6.89. The summed E-state index contributed by atoms with van der Waals surface area (Å²) in [5.74, 6) is 0.704. The van der Waals surface area contributed by atoms with Gasteiger partial charge in [-0.2, -0.15) is 0 Å². The molecule has 1 atom stereocenters. The number of hydrogen-bond acceptors (Lipinski definition) is 3. The van der Waals surface area contributed by atoms with Gasteiger partial charge in [-0.3, -0.25) is 0 Å². The van der Waals surface area contributed by atoms with Crippen LogP contribution >= 0.6 is 0 Å². The lowest BCUT2D eigenvalue weighted by Gasteiger charge is -2.18. The minimum atomic E-state index is -0.442. The van der Waals surface area contributed by atoms with Crippen molar-refractivity contribution in [3.05, 3.63) is 72.3 Å². The summed E-state index contributed by atoms with van der Waals surface area (Å²) in [5, 5.41) is 9.04. The van der Waals surface area contributed by atoms with Gasteiger partial charge in [-0.25, -0.2) is 0 Å². The summed E-state index contributed by atoms with van der Waals surface area (Å²) in [4.78, 5) is 0. The Balaban J connectivity index is 2.10. The normalized spacial score (nSPS) is 11.9. The molecule has 3 nitrogen and oxygen atoms in total. The van der Waals surface area contributed by atoms with Gasteiger partial charge in [0.25, 0.3) is 0 Å². The third-order valence-electron chi connectivity index (χ3n) is 2.98. The summed E-state index contributed by atoms with van der Waals surface area (Å²) >= 11 is 0. The van der Waals surface area contributed by atoms with Crippen LogP contribution in [0.1, 0.15) is 17.4 Å². The lowest BCUT2D eigenvalue weighted by Crippen LogP contribution is -2.09. The molecule has 0 aromatic heterocycles. The first kappa shape index (κ1) is 14.3.